The van der Waals surface area contributed by atoms with Gasteiger partial charge in [0.1, 0.15) is 5.54 Å². The Labute approximate surface area is 135 Å². The average molecular weight is 311 g/mol. The number of amides is 2. The van der Waals surface area contributed by atoms with E-state index in [1.165, 1.54) is 0 Å². The third-order valence-electron chi connectivity index (χ3n) is 6.01. The minimum absolute atomic E-state index is 0.0148. The highest BCUT2D eigenvalue weighted by molar-refractivity contribution is 6.09. The Balaban J connectivity index is 1.63. The number of hydrogen-bond acceptors (Lipinski definition) is 3. The van der Waals surface area contributed by atoms with Crippen molar-refractivity contribution in [3.05, 3.63) is 29.8 Å². The molecule has 1 saturated carbocycles. The van der Waals surface area contributed by atoms with Crippen molar-refractivity contribution in [1.29, 1.82) is 0 Å². The summed E-state index contributed by atoms with van der Waals surface area (Å²) in [4.78, 5) is 28.3. The van der Waals surface area contributed by atoms with Gasteiger partial charge in [0.2, 0.25) is 11.8 Å². The Bertz CT molecular complexity index is 699. The number of para-hydroxylation sites is 1. The van der Waals surface area contributed by atoms with Crippen LogP contribution in [-0.2, 0) is 15.1 Å². The molecule has 4 aliphatic rings. The van der Waals surface area contributed by atoms with Gasteiger partial charge in [0.25, 0.3) is 0 Å². The predicted molar refractivity (Wildman–Crippen MR) is 85.7 cm³/mol. The number of carbonyl (C=O) groups is 2. The van der Waals surface area contributed by atoms with Gasteiger partial charge in [-0.25, -0.2) is 0 Å². The molecule has 0 aromatic heterocycles. The molecule has 3 fully saturated rings. The molecule has 1 spiro atoms. The molecule has 5 heteroatoms. The molecule has 3 aliphatic heterocycles. The molecule has 0 unspecified atom stereocenters. The summed E-state index contributed by atoms with van der Waals surface area (Å²) in [5.74, 6) is -0.232. The molecule has 120 valence electrons. The molecule has 0 bridgehead atoms. The Morgan fingerprint density at radius 3 is 2.91 bits per heavy atom. The summed E-state index contributed by atoms with van der Waals surface area (Å²) in [5, 5.41) is 6.18. The van der Waals surface area contributed by atoms with E-state index in [1.807, 2.05) is 24.3 Å². The van der Waals surface area contributed by atoms with Gasteiger partial charge in [-0.3, -0.25) is 14.5 Å². The normalized spacial score (nSPS) is 35.2. The minimum Gasteiger partial charge on any atom is -0.353 e. The van der Waals surface area contributed by atoms with Crippen LogP contribution >= 0.6 is 0 Å². The molecule has 2 saturated heterocycles. The lowest BCUT2D eigenvalue weighted by atomic mass is 9.78. The maximum atomic E-state index is 13.1. The van der Waals surface area contributed by atoms with Gasteiger partial charge in [-0.15, -0.1) is 0 Å². The molecule has 1 aromatic carbocycles. The SMILES string of the molecule is O=C(NC1CC1)[C@@H]1C[C@H]2CCCN2[C@]12C(=O)Nc1ccccc12. The van der Waals surface area contributed by atoms with E-state index in [0.717, 1.165) is 49.9 Å². The fourth-order valence-electron chi connectivity index (χ4n) is 4.91. The quantitative estimate of drug-likeness (QED) is 0.872. The average Bonchev–Trinajstić information content (AvgIpc) is 3.02. The number of anilines is 1. The summed E-state index contributed by atoms with van der Waals surface area (Å²) >= 11 is 0. The summed E-state index contributed by atoms with van der Waals surface area (Å²) in [6.45, 7) is 0.902. The van der Waals surface area contributed by atoms with Gasteiger partial charge in [-0.1, -0.05) is 18.2 Å². The maximum absolute atomic E-state index is 13.1. The van der Waals surface area contributed by atoms with Crippen LogP contribution in [0.15, 0.2) is 24.3 Å². The van der Waals surface area contributed by atoms with Gasteiger partial charge >= 0.3 is 0 Å². The van der Waals surface area contributed by atoms with Gasteiger partial charge in [-0.2, -0.15) is 0 Å². The Kier molecular flexibility index (Phi) is 2.69. The molecule has 3 heterocycles. The van der Waals surface area contributed by atoms with Crippen LogP contribution in [0, 0.1) is 5.92 Å². The minimum atomic E-state index is -0.795. The van der Waals surface area contributed by atoms with Crippen molar-refractivity contribution in [2.75, 3.05) is 11.9 Å². The van der Waals surface area contributed by atoms with Crippen LogP contribution in [0.1, 0.15) is 37.7 Å². The van der Waals surface area contributed by atoms with Crippen molar-refractivity contribution >= 4 is 17.5 Å². The summed E-state index contributed by atoms with van der Waals surface area (Å²) in [6, 6.07) is 8.55. The Morgan fingerprint density at radius 1 is 1.26 bits per heavy atom. The van der Waals surface area contributed by atoms with Crippen LogP contribution in [0.25, 0.3) is 0 Å². The zero-order chi connectivity index (χ0) is 15.6. The van der Waals surface area contributed by atoms with Crippen LogP contribution in [0.4, 0.5) is 5.69 Å². The first kappa shape index (κ1) is 13.5. The van der Waals surface area contributed by atoms with Gasteiger partial charge in [0.15, 0.2) is 0 Å². The van der Waals surface area contributed by atoms with E-state index in [-0.39, 0.29) is 17.7 Å². The molecular weight excluding hydrogens is 290 g/mol. The van der Waals surface area contributed by atoms with Crippen molar-refractivity contribution in [1.82, 2.24) is 10.2 Å². The third-order valence-corrected chi connectivity index (χ3v) is 6.01. The second kappa shape index (κ2) is 4.57. The summed E-state index contributed by atoms with van der Waals surface area (Å²) in [5.41, 5.74) is 1.07. The molecule has 5 nitrogen and oxygen atoms in total. The molecule has 1 aromatic rings. The first-order valence-corrected chi connectivity index (χ1v) is 8.69. The lowest BCUT2D eigenvalue weighted by Crippen LogP contribution is -2.54. The standard InChI is InChI=1S/C18H21N3O2/c22-16(19-11-7-8-11)14-10-12-4-3-9-21(12)18(14)13-5-1-2-6-15(13)20-17(18)23/h1-2,5-6,11-12,14H,3-4,7-10H2,(H,19,22)(H,20,23)/t12-,14+,18+/m1/s1. The largest absolute Gasteiger partial charge is 0.353 e. The van der Waals surface area contributed by atoms with Gasteiger partial charge < -0.3 is 10.6 Å². The lowest BCUT2D eigenvalue weighted by molar-refractivity contribution is -0.137. The van der Waals surface area contributed by atoms with Crippen LogP contribution < -0.4 is 10.6 Å². The monoisotopic (exact) mass is 311 g/mol. The van der Waals surface area contributed by atoms with E-state index < -0.39 is 5.54 Å². The highest BCUT2D eigenvalue weighted by Crippen LogP contribution is 2.55. The summed E-state index contributed by atoms with van der Waals surface area (Å²) < 4.78 is 0. The van der Waals surface area contributed by atoms with E-state index in [1.54, 1.807) is 0 Å². The number of rotatable bonds is 2. The van der Waals surface area contributed by atoms with Crippen LogP contribution in [-0.4, -0.2) is 35.3 Å². The number of nitrogens with zero attached hydrogens (tertiary/aromatic N) is 1. The molecular formula is C18H21N3O2. The van der Waals surface area contributed by atoms with Gasteiger partial charge in [0, 0.05) is 23.3 Å². The number of fused-ring (bicyclic) bond motifs is 4. The topological polar surface area (TPSA) is 61.4 Å². The second-order valence-electron chi connectivity index (χ2n) is 7.33. The fourth-order valence-corrected chi connectivity index (χ4v) is 4.91. The molecule has 2 N–H and O–H groups in total. The van der Waals surface area contributed by atoms with Gasteiger partial charge in [-0.05, 0) is 44.7 Å². The van der Waals surface area contributed by atoms with Crippen molar-refractivity contribution < 1.29 is 9.59 Å². The van der Waals surface area contributed by atoms with E-state index in [9.17, 15) is 9.59 Å². The third kappa shape index (κ3) is 1.71. The van der Waals surface area contributed by atoms with Crippen molar-refractivity contribution in [2.45, 2.75) is 49.7 Å². The first-order valence-electron chi connectivity index (χ1n) is 8.69. The first-order chi connectivity index (χ1) is 11.2. The molecule has 2 amide bonds. The molecule has 0 radical (unpaired) electrons. The second-order valence-corrected chi connectivity index (χ2v) is 7.33. The summed E-state index contributed by atoms with van der Waals surface area (Å²) in [6.07, 6.45) is 5.13. The zero-order valence-electron chi connectivity index (χ0n) is 13.0. The molecule has 1 aliphatic carbocycles. The highest BCUT2D eigenvalue weighted by atomic mass is 16.2. The van der Waals surface area contributed by atoms with Crippen molar-refractivity contribution in [3.8, 4) is 0 Å². The van der Waals surface area contributed by atoms with Crippen LogP contribution in [0.2, 0.25) is 0 Å². The number of nitrogens with one attached hydrogen (secondary N) is 2. The fraction of sp³-hybridized carbons (Fsp3) is 0.556. The van der Waals surface area contributed by atoms with Gasteiger partial charge in [0.05, 0.1) is 5.92 Å². The van der Waals surface area contributed by atoms with E-state index in [2.05, 4.69) is 15.5 Å². The maximum Gasteiger partial charge on any atom is 0.250 e. The lowest BCUT2D eigenvalue weighted by Gasteiger charge is -2.36. The van der Waals surface area contributed by atoms with Crippen LogP contribution in [0.3, 0.4) is 0 Å². The van der Waals surface area contributed by atoms with E-state index in [0.29, 0.717) is 12.1 Å². The number of hydrogen-bond donors (Lipinski definition) is 2. The van der Waals surface area contributed by atoms with E-state index >= 15 is 0 Å². The number of benzene rings is 1. The molecule has 23 heavy (non-hydrogen) atoms. The van der Waals surface area contributed by atoms with Crippen LogP contribution in [0.5, 0.6) is 0 Å². The van der Waals surface area contributed by atoms with E-state index in [4.69, 9.17) is 0 Å². The Morgan fingerprint density at radius 2 is 2.09 bits per heavy atom. The zero-order valence-corrected chi connectivity index (χ0v) is 13.0. The molecule has 3 atom stereocenters. The molecule has 5 rings (SSSR count). The van der Waals surface area contributed by atoms with Crippen molar-refractivity contribution in [2.24, 2.45) is 5.92 Å². The smallest absolute Gasteiger partial charge is 0.250 e. The Hall–Kier alpha value is -1.88. The van der Waals surface area contributed by atoms with Crippen molar-refractivity contribution in [3.63, 3.8) is 0 Å². The number of carbonyl (C=O) groups excluding carboxylic acids is 2. The predicted octanol–water partition coefficient (Wildman–Crippen LogP) is 1.60. The highest BCUT2D eigenvalue weighted by Gasteiger charge is 2.65. The summed E-state index contributed by atoms with van der Waals surface area (Å²) in [7, 11) is 0.